The Morgan fingerprint density at radius 1 is 1.53 bits per heavy atom. The second-order valence-corrected chi connectivity index (χ2v) is 4.54. The van der Waals surface area contributed by atoms with E-state index in [1.807, 2.05) is 12.4 Å². The zero-order chi connectivity index (χ0) is 10.8. The Hall–Kier alpha value is -1.09. The number of hydrogen-bond acceptors (Lipinski definition) is 3. The van der Waals surface area contributed by atoms with E-state index in [-0.39, 0.29) is 0 Å². The molecule has 0 aromatic carbocycles. The van der Waals surface area contributed by atoms with Gasteiger partial charge >= 0.3 is 0 Å². The van der Waals surface area contributed by atoms with Crippen LogP contribution in [0, 0.1) is 12.8 Å². The number of piperidine rings is 1. The Morgan fingerprint density at radius 2 is 2.33 bits per heavy atom. The predicted octanol–water partition coefficient (Wildman–Crippen LogP) is 1.56. The van der Waals surface area contributed by atoms with Crippen LogP contribution in [0.2, 0.25) is 0 Å². The maximum atomic E-state index is 6.01. The Kier molecular flexibility index (Phi) is 2.91. The van der Waals surface area contributed by atoms with E-state index in [2.05, 4.69) is 29.8 Å². The Labute approximate surface area is 91.3 Å². The molecule has 0 amide bonds. The van der Waals surface area contributed by atoms with E-state index in [0.29, 0.717) is 12.0 Å². The highest BCUT2D eigenvalue weighted by Gasteiger charge is 2.23. The van der Waals surface area contributed by atoms with Gasteiger partial charge in [-0.1, -0.05) is 6.92 Å². The summed E-state index contributed by atoms with van der Waals surface area (Å²) in [7, 11) is 0. The van der Waals surface area contributed by atoms with Crippen molar-refractivity contribution < 1.29 is 0 Å². The third-order valence-corrected chi connectivity index (χ3v) is 3.32. The van der Waals surface area contributed by atoms with Gasteiger partial charge in [0.1, 0.15) is 0 Å². The molecule has 0 aliphatic carbocycles. The van der Waals surface area contributed by atoms with Crippen LogP contribution in [-0.4, -0.2) is 24.1 Å². The summed E-state index contributed by atoms with van der Waals surface area (Å²) in [6, 6.07) is 2.42. The molecule has 1 aromatic heterocycles. The minimum atomic E-state index is 0.359. The smallest absolute Gasteiger partial charge is 0.0582 e. The van der Waals surface area contributed by atoms with Gasteiger partial charge in [-0.05, 0) is 30.9 Å². The zero-order valence-electron chi connectivity index (χ0n) is 9.48. The van der Waals surface area contributed by atoms with Crippen LogP contribution in [0.3, 0.4) is 0 Å². The van der Waals surface area contributed by atoms with Gasteiger partial charge in [0.2, 0.25) is 0 Å². The van der Waals surface area contributed by atoms with Crippen LogP contribution in [0.25, 0.3) is 0 Å². The number of rotatable bonds is 1. The summed E-state index contributed by atoms with van der Waals surface area (Å²) in [5.41, 5.74) is 8.57. The second-order valence-electron chi connectivity index (χ2n) is 4.54. The third-order valence-electron chi connectivity index (χ3n) is 3.32. The van der Waals surface area contributed by atoms with E-state index in [0.717, 1.165) is 19.5 Å². The van der Waals surface area contributed by atoms with Gasteiger partial charge in [-0.3, -0.25) is 4.98 Å². The summed E-state index contributed by atoms with van der Waals surface area (Å²) in [6.45, 7) is 6.46. The molecule has 0 spiro atoms. The largest absolute Gasteiger partial charge is 0.370 e. The molecule has 1 aromatic rings. The zero-order valence-corrected chi connectivity index (χ0v) is 9.48. The van der Waals surface area contributed by atoms with Crippen molar-refractivity contribution in [3.8, 4) is 0 Å². The summed E-state index contributed by atoms with van der Waals surface area (Å²) in [4.78, 5) is 6.59. The fourth-order valence-electron chi connectivity index (χ4n) is 2.17. The number of aryl methyl sites for hydroxylation is 1. The molecule has 0 bridgehead atoms. The highest BCUT2D eigenvalue weighted by molar-refractivity contribution is 5.51. The lowest BCUT2D eigenvalue weighted by Crippen LogP contribution is -2.46. The van der Waals surface area contributed by atoms with Crippen LogP contribution in [-0.2, 0) is 0 Å². The first-order chi connectivity index (χ1) is 7.18. The van der Waals surface area contributed by atoms with Gasteiger partial charge in [0.05, 0.1) is 11.9 Å². The number of nitrogens with two attached hydrogens (primary N) is 1. The molecule has 1 aliphatic rings. The van der Waals surface area contributed by atoms with Crippen molar-refractivity contribution in [2.45, 2.75) is 26.3 Å². The molecular weight excluding hydrogens is 186 g/mol. The average Bonchev–Trinajstić information content (AvgIpc) is 2.23. The van der Waals surface area contributed by atoms with E-state index in [4.69, 9.17) is 5.73 Å². The van der Waals surface area contributed by atoms with E-state index in [1.165, 1.54) is 11.3 Å². The van der Waals surface area contributed by atoms with Crippen LogP contribution in [0.4, 0.5) is 5.69 Å². The molecule has 1 aliphatic heterocycles. The van der Waals surface area contributed by atoms with Crippen molar-refractivity contribution in [1.29, 1.82) is 0 Å². The minimum absolute atomic E-state index is 0.359. The maximum absolute atomic E-state index is 6.01. The van der Waals surface area contributed by atoms with Gasteiger partial charge < -0.3 is 10.6 Å². The van der Waals surface area contributed by atoms with Gasteiger partial charge in [0, 0.05) is 25.3 Å². The van der Waals surface area contributed by atoms with E-state index in [1.54, 1.807) is 0 Å². The van der Waals surface area contributed by atoms with Gasteiger partial charge in [-0.2, -0.15) is 0 Å². The fourth-order valence-corrected chi connectivity index (χ4v) is 2.17. The first-order valence-electron chi connectivity index (χ1n) is 5.59. The third kappa shape index (κ3) is 2.12. The van der Waals surface area contributed by atoms with Gasteiger partial charge in [-0.25, -0.2) is 0 Å². The Balaban J connectivity index is 2.15. The number of hydrogen-bond donors (Lipinski definition) is 1. The molecule has 1 saturated heterocycles. The molecule has 2 heterocycles. The first-order valence-corrected chi connectivity index (χ1v) is 5.59. The lowest BCUT2D eigenvalue weighted by atomic mass is 9.94. The fraction of sp³-hybridized carbons (Fsp3) is 0.583. The summed E-state index contributed by atoms with van der Waals surface area (Å²) >= 11 is 0. The summed E-state index contributed by atoms with van der Waals surface area (Å²) in [5.74, 6) is 0.568. The topological polar surface area (TPSA) is 42.2 Å². The number of anilines is 1. The lowest BCUT2D eigenvalue weighted by molar-refractivity contribution is 0.382. The summed E-state index contributed by atoms with van der Waals surface area (Å²) in [6.07, 6.45) is 4.88. The molecule has 82 valence electrons. The van der Waals surface area contributed by atoms with Gasteiger partial charge in [0.25, 0.3) is 0 Å². The molecule has 15 heavy (non-hydrogen) atoms. The van der Waals surface area contributed by atoms with Crippen LogP contribution < -0.4 is 10.6 Å². The lowest BCUT2D eigenvalue weighted by Gasteiger charge is -2.37. The van der Waals surface area contributed by atoms with Crippen molar-refractivity contribution in [2.24, 2.45) is 11.7 Å². The van der Waals surface area contributed by atoms with Crippen molar-refractivity contribution in [3.63, 3.8) is 0 Å². The van der Waals surface area contributed by atoms with E-state index < -0.39 is 0 Å². The molecule has 2 atom stereocenters. The minimum Gasteiger partial charge on any atom is -0.370 e. The summed E-state index contributed by atoms with van der Waals surface area (Å²) < 4.78 is 0. The van der Waals surface area contributed by atoms with Crippen LogP contribution in [0.1, 0.15) is 18.9 Å². The highest BCUT2D eigenvalue weighted by Crippen LogP contribution is 2.24. The Bertz CT molecular complexity index is 337. The molecule has 2 unspecified atom stereocenters. The molecule has 0 saturated carbocycles. The van der Waals surface area contributed by atoms with Crippen LogP contribution in [0.5, 0.6) is 0 Å². The number of nitrogens with zero attached hydrogens (tertiary/aromatic N) is 2. The van der Waals surface area contributed by atoms with Crippen molar-refractivity contribution in [2.75, 3.05) is 18.0 Å². The highest BCUT2D eigenvalue weighted by atomic mass is 15.2. The molecule has 2 rings (SSSR count). The first kappa shape index (κ1) is 10.4. The normalized spacial score (nSPS) is 26.7. The SMILES string of the molecule is Cc1ccncc1N1CCC(N)C(C)C1. The van der Waals surface area contributed by atoms with Crippen molar-refractivity contribution >= 4 is 5.69 Å². The van der Waals surface area contributed by atoms with Gasteiger partial charge in [-0.15, -0.1) is 0 Å². The van der Waals surface area contributed by atoms with Crippen LogP contribution in [0.15, 0.2) is 18.5 Å². The number of pyridine rings is 1. The molecule has 0 radical (unpaired) electrons. The molecule has 3 heteroatoms. The predicted molar refractivity (Wildman–Crippen MR) is 62.9 cm³/mol. The van der Waals surface area contributed by atoms with Crippen LogP contribution >= 0.6 is 0 Å². The molecule has 1 fully saturated rings. The van der Waals surface area contributed by atoms with Crippen molar-refractivity contribution in [3.05, 3.63) is 24.0 Å². The molecule has 2 N–H and O–H groups in total. The molecule has 3 nitrogen and oxygen atoms in total. The molecular formula is C12H19N3. The second kappa shape index (κ2) is 4.19. The quantitative estimate of drug-likeness (QED) is 0.756. The number of aromatic nitrogens is 1. The monoisotopic (exact) mass is 205 g/mol. The van der Waals surface area contributed by atoms with Gasteiger partial charge in [0.15, 0.2) is 0 Å². The average molecular weight is 205 g/mol. The van der Waals surface area contributed by atoms with Crippen molar-refractivity contribution in [1.82, 2.24) is 4.98 Å². The Morgan fingerprint density at radius 3 is 3.00 bits per heavy atom. The summed E-state index contributed by atoms with van der Waals surface area (Å²) in [5, 5.41) is 0. The van der Waals surface area contributed by atoms with E-state index >= 15 is 0 Å². The maximum Gasteiger partial charge on any atom is 0.0582 e. The van der Waals surface area contributed by atoms with E-state index in [9.17, 15) is 0 Å². The standard InChI is InChI=1S/C12H19N3/c1-9-3-5-14-7-12(9)15-6-4-11(13)10(2)8-15/h3,5,7,10-11H,4,6,8,13H2,1-2H3.